The molecule has 0 unspecified atom stereocenters. The molecule has 13 heavy (non-hydrogen) atoms. The second kappa shape index (κ2) is 2.87. The number of amides is 1. The molecule has 0 saturated carbocycles. The normalized spacial score (nSPS) is 21.2. The molecule has 1 aliphatic rings. The lowest BCUT2D eigenvalue weighted by Gasteiger charge is -2.15. The zero-order chi connectivity index (χ0) is 9.42. The zero-order valence-electron chi connectivity index (χ0n) is 7.54. The van der Waals surface area contributed by atoms with Crippen LogP contribution in [0.15, 0.2) is 4.52 Å². The molecule has 4 nitrogen and oxygen atoms in total. The average molecular weight is 180 g/mol. The number of carbonyl (C=O) groups excluding carboxylic acids is 1. The van der Waals surface area contributed by atoms with Crippen LogP contribution in [0.3, 0.4) is 0 Å². The highest BCUT2D eigenvalue weighted by atomic mass is 16.5. The Bertz CT molecular complexity index is 343. The summed E-state index contributed by atoms with van der Waals surface area (Å²) in [7, 11) is 0. The van der Waals surface area contributed by atoms with Gasteiger partial charge in [-0.3, -0.25) is 4.79 Å². The van der Waals surface area contributed by atoms with E-state index in [-0.39, 0.29) is 0 Å². The van der Waals surface area contributed by atoms with Crippen molar-refractivity contribution in [3.63, 3.8) is 0 Å². The Balaban J connectivity index is 2.41. The Morgan fingerprint density at radius 1 is 1.69 bits per heavy atom. The van der Waals surface area contributed by atoms with Gasteiger partial charge in [0.2, 0.25) is 0 Å². The summed E-state index contributed by atoms with van der Waals surface area (Å²) < 4.78 is 5.05. The highest BCUT2D eigenvalue weighted by Gasteiger charge is 2.25. The molecule has 1 amide bonds. The van der Waals surface area contributed by atoms with E-state index in [0.29, 0.717) is 11.6 Å². The van der Waals surface area contributed by atoms with Crippen LogP contribution in [0.4, 0.5) is 0 Å². The summed E-state index contributed by atoms with van der Waals surface area (Å²) in [5, 5.41) is 3.68. The van der Waals surface area contributed by atoms with E-state index in [0.717, 1.165) is 30.6 Å². The van der Waals surface area contributed by atoms with Crippen molar-refractivity contribution in [2.75, 3.05) is 0 Å². The van der Waals surface area contributed by atoms with Crippen molar-refractivity contribution in [3.05, 3.63) is 17.0 Å². The smallest absolute Gasteiger partial charge is 0.271 e. The molecule has 1 aliphatic carbocycles. The Morgan fingerprint density at radius 3 is 3.15 bits per heavy atom. The fraction of sp³-hybridized carbons (Fsp3) is 0.556. The van der Waals surface area contributed by atoms with Crippen molar-refractivity contribution in [3.8, 4) is 0 Å². The van der Waals surface area contributed by atoms with Crippen molar-refractivity contribution >= 4 is 5.91 Å². The van der Waals surface area contributed by atoms with Gasteiger partial charge in [0, 0.05) is 12.0 Å². The summed E-state index contributed by atoms with van der Waals surface area (Å²) in [5.74, 6) is 0.941. The Kier molecular flexibility index (Phi) is 1.83. The molecule has 1 aromatic rings. The Hall–Kier alpha value is -1.32. The molecule has 0 aliphatic heterocycles. The third-order valence-corrected chi connectivity index (χ3v) is 2.52. The fourth-order valence-electron chi connectivity index (χ4n) is 1.77. The molecule has 70 valence electrons. The van der Waals surface area contributed by atoms with Crippen LogP contribution in [-0.4, -0.2) is 11.1 Å². The maximum atomic E-state index is 10.9. The van der Waals surface area contributed by atoms with Gasteiger partial charge in [-0.05, 0) is 18.8 Å². The van der Waals surface area contributed by atoms with Gasteiger partial charge in [0.15, 0.2) is 5.69 Å². The first kappa shape index (κ1) is 8.29. The number of aromatic nitrogens is 1. The summed E-state index contributed by atoms with van der Waals surface area (Å²) in [6.07, 6.45) is 2.83. The lowest BCUT2D eigenvalue weighted by Crippen LogP contribution is -2.17. The van der Waals surface area contributed by atoms with Crippen molar-refractivity contribution in [1.82, 2.24) is 5.16 Å². The number of nitrogens with two attached hydrogens (primary N) is 1. The first-order chi connectivity index (χ1) is 6.18. The molecule has 1 aromatic heterocycles. The zero-order valence-corrected chi connectivity index (χ0v) is 7.54. The van der Waals surface area contributed by atoms with Crippen LogP contribution in [0.2, 0.25) is 0 Å². The topological polar surface area (TPSA) is 69.1 Å². The number of aryl methyl sites for hydroxylation is 1. The predicted octanol–water partition coefficient (Wildman–Crippen LogP) is 0.898. The van der Waals surface area contributed by atoms with Crippen LogP contribution in [0, 0.1) is 5.92 Å². The van der Waals surface area contributed by atoms with Crippen LogP contribution < -0.4 is 5.73 Å². The summed E-state index contributed by atoms with van der Waals surface area (Å²) in [5.41, 5.74) is 6.41. The highest BCUT2D eigenvalue weighted by molar-refractivity contribution is 5.92. The largest absolute Gasteiger partial charge is 0.364 e. The van der Waals surface area contributed by atoms with E-state index < -0.39 is 5.91 Å². The van der Waals surface area contributed by atoms with Gasteiger partial charge in [0.25, 0.3) is 5.91 Å². The number of hydrogen-bond donors (Lipinski definition) is 1. The van der Waals surface area contributed by atoms with Crippen LogP contribution in [0.1, 0.15) is 35.2 Å². The van der Waals surface area contributed by atoms with E-state index in [1.54, 1.807) is 0 Å². The third kappa shape index (κ3) is 1.32. The summed E-state index contributed by atoms with van der Waals surface area (Å²) in [6.45, 7) is 2.15. The fourth-order valence-corrected chi connectivity index (χ4v) is 1.77. The van der Waals surface area contributed by atoms with E-state index in [9.17, 15) is 4.79 Å². The second-order valence-corrected chi connectivity index (χ2v) is 3.65. The highest BCUT2D eigenvalue weighted by Crippen LogP contribution is 2.27. The number of primary amides is 1. The lowest BCUT2D eigenvalue weighted by atomic mass is 9.88. The molecule has 1 atom stereocenters. The first-order valence-electron chi connectivity index (χ1n) is 4.45. The van der Waals surface area contributed by atoms with Crippen molar-refractivity contribution in [2.45, 2.75) is 26.2 Å². The minimum absolute atomic E-state index is 0.321. The summed E-state index contributed by atoms with van der Waals surface area (Å²) in [6, 6.07) is 0. The summed E-state index contributed by atoms with van der Waals surface area (Å²) in [4.78, 5) is 10.9. The minimum Gasteiger partial charge on any atom is -0.364 e. The molecule has 0 aromatic carbocycles. The second-order valence-electron chi connectivity index (χ2n) is 3.65. The number of hydrogen-bond acceptors (Lipinski definition) is 3. The Morgan fingerprint density at radius 2 is 2.46 bits per heavy atom. The number of fused-ring (bicyclic) bond motifs is 1. The Labute approximate surface area is 76.1 Å². The third-order valence-electron chi connectivity index (χ3n) is 2.52. The van der Waals surface area contributed by atoms with Crippen LogP contribution >= 0.6 is 0 Å². The SMILES string of the molecule is C[C@H]1CCc2onc(C(N)=O)c2C1. The van der Waals surface area contributed by atoms with Gasteiger partial charge in [0.05, 0.1) is 0 Å². The van der Waals surface area contributed by atoms with E-state index >= 15 is 0 Å². The molecule has 0 spiro atoms. The molecular weight excluding hydrogens is 168 g/mol. The van der Waals surface area contributed by atoms with Gasteiger partial charge < -0.3 is 10.3 Å². The molecule has 0 bridgehead atoms. The minimum atomic E-state index is -0.487. The standard InChI is InChI=1S/C9H12N2O2/c1-5-2-3-7-6(4-5)8(9(10)12)11-13-7/h5H,2-4H2,1H3,(H2,10,12)/t5-/m0/s1. The van der Waals surface area contributed by atoms with Gasteiger partial charge in [-0.15, -0.1) is 0 Å². The molecule has 0 fully saturated rings. The van der Waals surface area contributed by atoms with Crippen LogP contribution in [-0.2, 0) is 12.8 Å². The lowest BCUT2D eigenvalue weighted by molar-refractivity contribution is 0.0991. The molecule has 4 heteroatoms. The average Bonchev–Trinajstić information content (AvgIpc) is 2.46. The molecular formula is C9H12N2O2. The number of carbonyl (C=O) groups is 1. The van der Waals surface area contributed by atoms with Crippen molar-refractivity contribution in [1.29, 1.82) is 0 Å². The quantitative estimate of drug-likeness (QED) is 0.698. The van der Waals surface area contributed by atoms with Crippen molar-refractivity contribution in [2.24, 2.45) is 11.7 Å². The van der Waals surface area contributed by atoms with Gasteiger partial charge >= 0.3 is 0 Å². The van der Waals surface area contributed by atoms with E-state index in [1.807, 2.05) is 0 Å². The van der Waals surface area contributed by atoms with Gasteiger partial charge in [-0.25, -0.2) is 0 Å². The molecule has 0 radical (unpaired) electrons. The number of rotatable bonds is 1. The predicted molar refractivity (Wildman–Crippen MR) is 46.2 cm³/mol. The molecule has 0 saturated heterocycles. The van der Waals surface area contributed by atoms with E-state index in [2.05, 4.69) is 12.1 Å². The van der Waals surface area contributed by atoms with Gasteiger partial charge in [-0.2, -0.15) is 0 Å². The number of nitrogens with zero attached hydrogens (tertiary/aromatic N) is 1. The maximum Gasteiger partial charge on any atom is 0.271 e. The van der Waals surface area contributed by atoms with Crippen LogP contribution in [0.25, 0.3) is 0 Å². The molecule has 2 rings (SSSR count). The van der Waals surface area contributed by atoms with Gasteiger partial charge in [-0.1, -0.05) is 12.1 Å². The van der Waals surface area contributed by atoms with E-state index in [4.69, 9.17) is 10.3 Å². The molecule has 1 heterocycles. The summed E-state index contributed by atoms with van der Waals surface area (Å²) >= 11 is 0. The monoisotopic (exact) mass is 180 g/mol. The maximum absolute atomic E-state index is 10.9. The first-order valence-corrected chi connectivity index (χ1v) is 4.45. The van der Waals surface area contributed by atoms with E-state index in [1.165, 1.54) is 0 Å². The van der Waals surface area contributed by atoms with Crippen LogP contribution in [0.5, 0.6) is 0 Å². The van der Waals surface area contributed by atoms with Crippen molar-refractivity contribution < 1.29 is 9.32 Å². The van der Waals surface area contributed by atoms with Gasteiger partial charge in [0.1, 0.15) is 5.76 Å². The molecule has 2 N–H and O–H groups in total.